The first-order chi connectivity index (χ1) is 25.8. The van der Waals surface area contributed by atoms with Gasteiger partial charge in [0.25, 0.3) is 5.91 Å². The van der Waals surface area contributed by atoms with E-state index in [0.717, 1.165) is 49.7 Å². The summed E-state index contributed by atoms with van der Waals surface area (Å²) in [4.78, 5) is 47.0. The molecule has 1 unspecified atom stereocenters. The van der Waals surface area contributed by atoms with Crippen molar-refractivity contribution in [2.75, 3.05) is 71.0 Å². The predicted octanol–water partition coefficient (Wildman–Crippen LogP) is 4.77. The molecule has 2 aromatic heterocycles. The lowest BCUT2D eigenvalue weighted by molar-refractivity contribution is -0.122. The minimum Gasteiger partial charge on any atom is -0.456 e. The number of benzene rings is 3. The van der Waals surface area contributed by atoms with Crippen LogP contribution in [0, 0.1) is 5.82 Å². The van der Waals surface area contributed by atoms with E-state index in [1.807, 2.05) is 41.3 Å². The second-order valence-corrected chi connectivity index (χ2v) is 14.7. The van der Waals surface area contributed by atoms with Gasteiger partial charge < -0.3 is 38.9 Å². The molecule has 9 rings (SSSR count). The summed E-state index contributed by atoms with van der Waals surface area (Å²) in [5.41, 5.74) is 1.84. The Balaban J connectivity index is 1.07. The number of hydrogen-bond donors (Lipinski definition) is 2. The number of carbonyl (C=O) groups is 2. The van der Waals surface area contributed by atoms with E-state index in [2.05, 4.69) is 27.5 Å². The number of furan rings is 1. The summed E-state index contributed by atoms with van der Waals surface area (Å²) in [7, 11) is 2.09. The molecule has 2 atom stereocenters. The van der Waals surface area contributed by atoms with Gasteiger partial charge >= 0.3 is 0 Å². The van der Waals surface area contributed by atoms with E-state index in [-0.39, 0.29) is 34.3 Å². The molecule has 13 heteroatoms. The number of fused-ring (bicyclic) bond motifs is 5. The number of anilines is 1. The number of ether oxygens (including phenoxy) is 2. The summed E-state index contributed by atoms with van der Waals surface area (Å²) < 4.78 is 36.5. The number of hydrogen-bond acceptors (Lipinski definition) is 9. The van der Waals surface area contributed by atoms with Gasteiger partial charge in [-0.15, -0.1) is 0 Å². The van der Waals surface area contributed by atoms with Gasteiger partial charge in [0.2, 0.25) is 11.3 Å². The average Bonchev–Trinajstić information content (AvgIpc) is 3.89. The van der Waals surface area contributed by atoms with E-state index in [1.54, 1.807) is 10.8 Å². The fourth-order valence-corrected chi connectivity index (χ4v) is 8.54. The van der Waals surface area contributed by atoms with E-state index < -0.39 is 17.2 Å². The molecule has 0 radical (unpaired) electrons. The Kier molecular flexibility index (Phi) is 8.79. The molecule has 0 bridgehead atoms. The Labute approximate surface area is 305 Å². The first-order valence-electron chi connectivity index (χ1n) is 18.7. The van der Waals surface area contributed by atoms with E-state index in [1.165, 1.54) is 6.07 Å². The smallest absolute Gasteiger partial charge is 0.256 e. The number of amides is 2. The van der Waals surface area contributed by atoms with E-state index in [0.29, 0.717) is 86.4 Å². The lowest BCUT2D eigenvalue weighted by Gasteiger charge is -2.29. The zero-order valence-electron chi connectivity index (χ0n) is 29.8. The number of morpholine rings is 1. The van der Waals surface area contributed by atoms with Crippen LogP contribution >= 0.6 is 0 Å². The highest BCUT2D eigenvalue weighted by atomic mass is 19.1. The van der Waals surface area contributed by atoms with Gasteiger partial charge in [-0.3, -0.25) is 19.3 Å². The molecule has 3 saturated heterocycles. The minimum absolute atomic E-state index is 0.0416. The predicted molar refractivity (Wildman–Crippen MR) is 200 cm³/mol. The summed E-state index contributed by atoms with van der Waals surface area (Å²) in [5.74, 6) is -0.531. The van der Waals surface area contributed by atoms with Crippen LogP contribution < -0.4 is 25.7 Å². The molecule has 12 nitrogen and oxygen atoms in total. The van der Waals surface area contributed by atoms with Crippen molar-refractivity contribution in [3.63, 3.8) is 0 Å². The quantitative estimate of drug-likeness (QED) is 0.218. The monoisotopic (exact) mass is 722 g/mol. The van der Waals surface area contributed by atoms with Gasteiger partial charge in [0, 0.05) is 80.8 Å². The third-order valence-corrected chi connectivity index (χ3v) is 11.4. The lowest BCUT2D eigenvalue weighted by atomic mass is 10.0. The topological polar surface area (TPSA) is 122 Å². The molecule has 6 heterocycles. The fourth-order valence-electron chi connectivity index (χ4n) is 8.54. The van der Waals surface area contributed by atoms with Crippen LogP contribution in [0.2, 0.25) is 0 Å². The van der Waals surface area contributed by atoms with Crippen molar-refractivity contribution in [3.05, 3.63) is 70.3 Å². The molecule has 3 aromatic carbocycles. The van der Waals surface area contributed by atoms with Crippen LogP contribution in [0.3, 0.4) is 0 Å². The molecular weight excluding hydrogens is 679 g/mol. The number of nitrogens with one attached hydrogen (secondary N) is 2. The van der Waals surface area contributed by atoms with Crippen molar-refractivity contribution in [3.8, 4) is 17.2 Å². The maximum atomic E-state index is 16.5. The molecule has 0 spiro atoms. The number of pyridine rings is 1. The molecule has 0 saturated carbocycles. The average molecular weight is 723 g/mol. The van der Waals surface area contributed by atoms with Crippen molar-refractivity contribution < 1.29 is 27.9 Å². The van der Waals surface area contributed by atoms with Gasteiger partial charge in [0.1, 0.15) is 27.9 Å². The van der Waals surface area contributed by atoms with Crippen molar-refractivity contribution in [1.82, 2.24) is 25.0 Å². The largest absolute Gasteiger partial charge is 0.456 e. The third-order valence-electron chi connectivity index (χ3n) is 11.4. The Bertz CT molecular complexity index is 2310. The number of rotatable bonds is 9. The zero-order valence-corrected chi connectivity index (χ0v) is 29.8. The SMILES string of the molecule is CN1CCCC1CCNC(=O)c1cn2c3c(c(N4CC[C@@H](NC(=O)CCN5CCOCC5)C4)c(F)cc3c1=O)Oc1cc3c(cc1-2)oc1ccccc13. The van der Waals surface area contributed by atoms with Crippen LogP contribution in [0.15, 0.2) is 57.9 Å². The van der Waals surface area contributed by atoms with Gasteiger partial charge in [-0.2, -0.15) is 0 Å². The van der Waals surface area contributed by atoms with Gasteiger partial charge in [-0.1, -0.05) is 18.2 Å². The maximum absolute atomic E-state index is 16.5. The molecule has 4 aliphatic heterocycles. The summed E-state index contributed by atoms with van der Waals surface area (Å²) in [6.07, 6.45) is 5.53. The standard InChI is InChI=1S/C40H43FN6O6/c1-44-12-4-5-25(44)8-11-42-40(50)29-23-47-31-21-33-27(26-6-2-3-7-32(26)52-33)20-34(31)53-39-36(47)28(38(29)49)19-30(41)37(39)46-14-9-24(22-46)43-35(48)10-13-45-15-17-51-18-16-45/h2-3,6-7,19-21,23-25H,4-5,8-18,22H2,1H3,(H,42,50)(H,43,48)/t24-,25?/m1/s1. The summed E-state index contributed by atoms with van der Waals surface area (Å²) in [6, 6.07) is 12.8. The van der Waals surface area contributed by atoms with Crippen molar-refractivity contribution in [1.29, 1.82) is 0 Å². The second-order valence-electron chi connectivity index (χ2n) is 14.7. The van der Waals surface area contributed by atoms with Crippen molar-refractivity contribution in [2.24, 2.45) is 0 Å². The van der Waals surface area contributed by atoms with Crippen LogP contribution in [0.25, 0.3) is 38.5 Å². The number of likely N-dealkylation sites (tertiary alicyclic amines) is 1. The van der Waals surface area contributed by atoms with E-state index in [9.17, 15) is 14.4 Å². The highest BCUT2D eigenvalue weighted by Crippen LogP contribution is 2.49. The summed E-state index contributed by atoms with van der Waals surface area (Å²) in [6.45, 7) is 5.95. The van der Waals surface area contributed by atoms with Crippen molar-refractivity contribution >= 4 is 50.3 Å². The number of carbonyl (C=O) groups excluding carboxylic acids is 2. The number of para-hydroxylation sites is 1. The Morgan fingerprint density at radius 1 is 0.981 bits per heavy atom. The Hall–Kier alpha value is -4.98. The normalized spacial score (nSPS) is 20.3. The van der Waals surface area contributed by atoms with Crippen LogP contribution in [0.1, 0.15) is 42.5 Å². The van der Waals surface area contributed by atoms with Gasteiger partial charge in [0.05, 0.1) is 24.3 Å². The van der Waals surface area contributed by atoms with Gasteiger partial charge in [0.15, 0.2) is 17.3 Å². The molecule has 5 aromatic rings. The molecule has 53 heavy (non-hydrogen) atoms. The van der Waals surface area contributed by atoms with Crippen LogP contribution in [0.5, 0.6) is 11.5 Å². The van der Waals surface area contributed by atoms with Crippen LogP contribution in [0.4, 0.5) is 10.1 Å². The first-order valence-corrected chi connectivity index (χ1v) is 18.7. The van der Waals surface area contributed by atoms with Crippen LogP contribution in [-0.4, -0.2) is 104 Å². The number of aromatic nitrogens is 1. The molecule has 3 fully saturated rings. The zero-order chi connectivity index (χ0) is 36.2. The lowest BCUT2D eigenvalue weighted by Crippen LogP contribution is -2.41. The molecule has 276 valence electrons. The second kappa shape index (κ2) is 13.8. The highest BCUT2D eigenvalue weighted by Gasteiger charge is 2.34. The third kappa shape index (κ3) is 6.20. The molecular formula is C40H43FN6O6. The summed E-state index contributed by atoms with van der Waals surface area (Å²) in [5, 5.41) is 7.87. The molecule has 0 aliphatic carbocycles. The molecule has 2 N–H and O–H groups in total. The number of halogens is 1. The molecule has 4 aliphatic rings. The minimum atomic E-state index is -0.629. The van der Waals surface area contributed by atoms with E-state index >= 15 is 4.39 Å². The Morgan fingerprint density at radius 3 is 2.66 bits per heavy atom. The highest BCUT2D eigenvalue weighted by molar-refractivity contribution is 6.07. The van der Waals surface area contributed by atoms with Crippen molar-refractivity contribution in [2.45, 2.75) is 44.2 Å². The number of nitrogens with zero attached hydrogens (tertiary/aromatic N) is 4. The first kappa shape index (κ1) is 33.8. The fraction of sp³-hybridized carbons (Fsp3) is 0.425. The molecule has 2 amide bonds. The summed E-state index contributed by atoms with van der Waals surface area (Å²) >= 11 is 0. The van der Waals surface area contributed by atoms with Gasteiger partial charge in [-0.25, -0.2) is 4.39 Å². The van der Waals surface area contributed by atoms with E-state index in [4.69, 9.17) is 13.9 Å². The van der Waals surface area contributed by atoms with Crippen LogP contribution in [-0.2, 0) is 9.53 Å². The maximum Gasteiger partial charge on any atom is 0.256 e. The van der Waals surface area contributed by atoms with Gasteiger partial charge in [-0.05, 0) is 57.5 Å². The Morgan fingerprint density at radius 2 is 1.83 bits per heavy atom.